The van der Waals surface area contributed by atoms with Crippen molar-refractivity contribution in [3.63, 3.8) is 0 Å². The SMILES string of the molecule is Brc1cccc(CNc2cc(-c3ccccn3)nc(NC3CC3)n2)c1. The highest BCUT2D eigenvalue weighted by atomic mass is 79.9. The molecule has 0 amide bonds. The van der Waals surface area contributed by atoms with Crippen molar-refractivity contribution in [2.75, 3.05) is 10.6 Å². The topological polar surface area (TPSA) is 62.7 Å². The van der Waals surface area contributed by atoms with E-state index in [1.807, 2.05) is 36.4 Å². The first kappa shape index (κ1) is 16.0. The first-order valence-corrected chi connectivity index (χ1v) is 9.11. The van der Waals surface area contributed by atoms with Crippen molar-refractivity contribution in [3.05, 3.63) is 64.8 Å². The van der Waals surface area contributed by atoms with Crippen LogP contribution in [0.4, 0.5) is 11.8 Å². The van der Waals surface area contributed by atoms with Crippen LogP contribution in [0.1, 0.15) is 18.4 Å². The van der Waals surface area contributed by atoms with Crippen LogP contribution in [-0.2, 0) is 6.54 Å². The van der Waals surface area contributed by atoms with Crippen LogP contribution in [-0.4, -0.2) is 21.0 Å². The molecule has 3 aromatic rings. The third-order valence-corrected chi connectivity index (χ3v) is 4.42. The standard InChI is InChI=1S/C19H18BrN5/c20-14-5-3-4-13(10-14)12-22-18-11-17(16-6-1-2-9-21-16)24-19(25-18)23-15-7-8-15/h1-6,9-11,15H,7-8,12H2,(H2,22,23,24,25). The van der Waals surface area contributed by atoms with Gasteiger partial charge in [0.2, 0.25) is 5.95 Å². The lowest BCUT2D eigenvalue weighted by atomic mass is 10.2. The zero-order valence-corrected chi connectivity index (χ0v) is 15.2. The normalized spacial score (nSPS) is 13.5. The molecule has 1 aliphatic carbocycles. The molecule has 0 atom stereocenters. The van der Waals surface area contributed by atoms with E-state index in [0.29, 0.717) is 18.5 Å². The van der Waals surface area contributed by atoms with Crippen LogP contribution < -0.4 is 10.6 Å². The number of anilines is 2. The molecular formula is C19H18BrN5. The summed E-state index contributed by atoms with van der Waals surface area (Å²) in [6.07, 6.45) is 4.13. The maximum Gasteiger partial charge on any atom is 0.225 e. The zero-order valence-electron chi connectivity index (χ0n) is 13.6. The van der Waals surface area contributed by atoms with Crippen molar-refractivity contribution in [2.45, 2.75) is 25.4 Å². The fourth-order valence-electron chi connectivity index (χ4n) is 2.50. The fraction of sp³-hybridized carbons (Fsp3) is 0.211. The molecule has 1 fully saturated rings. The molecule has 6 heteroatoms. The maximum absolute atomic E-state index is 4.62. The monoisotopic (exact) mass is 395 g/mol. The predicted octanol–water partition coefficient (Wildman–Crippen LogP) is 4.49. The van der Waals surface area contributed by atoms with Crippen molar-refractivity contribution >= 4 is 27.7 Å². The summed E-state index contributed by atoms with van der Waals surface area (Å²) in [5, 5.41) is 6.77. The fourth-order valence-corrected chi connectivity index (χ4v) is 2.94. The summed E-state index contributed by atoms with van der Waals surface area (Å²) in [6.45, 7) is 0.695. The molecule has 0 spiro atoms. The average molecular weight is 396 g/mol. The lowest BCUT2D eigenvalue weighted by molar-refractivity contribution is 1.03. The van der Waals surface area contributed by atoms with Crippen molar-refractivity contribution in [3.8, 4) is 11.4 Å². The van der Waals surface area contributed by atoms with E-state index in [4.69, 9.17) is 0 Å². The van der Waals surface area contributed by atoms with Gasteiger partial charge in [0.1, 0.15) is 5.82 Å². The molecule has 0 bridgehead atoms. The molecule has 2 N–H and O–H groups in total. The highest BCUT2D eigenvalue weighted by Gasteiger charge is 2.22. The van der Waals surface area contributed by atoms with Gasteiger partial charge in [0.25, 0.3) is 0 Å². The smallest absolute Gasteiger partial charge is 0.225 e. The number of halogens is 1. The van der Waals surface area contributed by atoms with E-state index in [9.17, 15) is 0 Å². The second-order valence-electron chi connectivity index (χ2n) is 6.08. The third kappa shape index (κ3) is 4.33. The number of nitrogens with one attached hydrogen (secondary N) is 2. The minimum absolute atomic E-state index is 0.497. The maximum atomic E-state index is 4.62. The van der Waals surface area contributed by atoms with Gasteiger partial charge in [0.15, 0.2) is 0 Å². The average Bonchev–Trinajstić information content (AvgIpc) is 3.45. The van der Waals surface area contributed by atoms with Crippen LogP contribution in [0.3, 0.4) is 0 Å². The number of nitrogens with zero attached hydrogens (tertiary/aromatic N) is 3. The lowest BCUT2D eigenvalue weighted by Gasteiger charge is -2.11. The Labute approximate surface area is 155 Å². The first-order valence-electron chi connectivity index (χ1n) is 8.31. The van der Waals surface area contributed by atoms with Gasteiger partial charge in [0, 0.05) is 29.3 Å². The molecule has 0 unspecified atom stereocenters. The van der Waals surface area contributed by atoms with E-state index in [0.717, 1.165) is 21.7 Å². The third-order valence-electron chi connectivity index (χ3n) is 3.93. The Morgan fingerprint density at radius 2 is 1.92 bits per heavy atom. The number of rotatable bonds is 6. The molecule has 1 aliphatic rings. The van der Waals surface area contributed by atoms with E-state index < -0.39 is 0 Å². The van der Waals surface area contributed by atoms with Gasteiger partial charge in [-0.3, -0.25) is 4.98 Å². The number of aromatic nitrogens is 3. The van der Waals surface area contributed by atoms with E-state index >= 15 is 0 Å². The van der Waals surface area contributed by atoms with Gasteiger partial charge in [-0.05, 0) is 42.7 Å². The van der Waals surface area contributed by atoms with Gasteiger partial charge in [-0.1, -0.05) is 34.1 Å². The Bertz CT molecular complexity index is 865. The van der Waals surface area contributed by atoms with Gasteiger partial charge in [-0.25, -0.2) is 4.98 Å². The summed E-state index contributed by atoms with van der Waals surface area (Å²) in [5.41, 5.74) is 2.84. The van der Waals surface area contributed by atoms with E-state index in [1.165, 1.54) is 18.4 Å². The molecule has 1 saturated carbocycles. The second kappa shape index (κ2) is 7.19. The van der Waals surface area contributed by atoms with Crippen LogP contribution in [0.15, 0.2) is 59.2 Å². The van der Waals surface area contributed by atoms with Gasteiger partial charge in [-0.2, -0.15) is 4.98 Å². The molecule has 0 aliphatic heterocycles. The van der Waals surface area contributed by atoms with Crippen LogP contribution in [0.5, 0.6) is 0 Å². The Balaban J connectivity index is 1.59. The van der Waals surface area contributed by atoms with Gasteiger partial charge < -0.3 is 10.6 Å². The van der Waals surface area contributed by atoms with Crippen LogP contribution in [0, 0.1) is 0 Å². The summed E-state index contributed by atoms with van der Waals surface area (Å²) < 4.78 is 1.07. The quantitative estimate of drug-likeness (QED) is 0.643. The van der Waals surface area contributed by atoms with Crippen LogP contribution >= 0.6 is 15.9 Å². The van der Waals surface area contributed by atoms with E-state index in [1.54, 1.807) is 6.20 Å². The summed E-state index contributed by atoms with van der Waals surface area (Å²) in [7, 11) is 0. The van der Waals surface area contributed by atoms with Crippen LogP contribution in [0.2, 0.25) is 0 Å². The molecule has 4 rings (SSSR count). The Morgan fingerprint density at radius 3 is 2.68 bits per heavy atom. The van der Waals surface area contributed by atoms with Crippen molar-refractivity contribution < 1.29 is 0 Å². The molecule has 126 valence electrons. The number of hydrogen-bond acceptors (Lipinski definition) is 5. The van der Waals surface area contributed by atoms with E-state index in [-0.39, 0.29) is 0 Å². The van der Waals surface area contributed by atoms with Crippen molar-refractivity contribution in [1.82, 2.24) is 15.0 Å². The molecule has 5 nitrogen and oxygen atoms in total. The van der Waals surface area contributed by atoms with E-state index in [2.05, 4.69) is 53.6 Å². The predicted molar refractivity (Wildman–Crippen MR) is 103 cm³/mol. The summed E-state index contributed by atoms with van der Waals surface area (Å²) >= 11 is 3.50. The second-order valence-corrected chi connectivity index (χ2v) is 6.99. The first-order chi connectivity index (χ1) is 12.3. The van der Waals surface area contributed by atoms with Crippen LogP contribution in [0.25, 0.3) is 11.4 Å². The zero-order chi connectivity index (χ0) is 17.1. The minimum Gasteiger partial charge on any atom is -0.366 e. The molecule has 2 heterocycles. The molecule has 1 aromatic carbocycles. The van der Waals surface area contributed by atoms with Crippen molar-refractivity contribution in [2.24, 2.45) is 0 Å². The summed E-state index contributed by atoms with van der Waals surface area (Å²) in [5.74, 6) is 1.45. The molecule has 2 aromatic heterocycles. The van der Waals surface area contributed by atoms with Crippen molar-refractivity contribution in [1.29, 1.82) is 0 Å². The van der Waals surface area contributed by atoms with Gasteiger partial charge in [-0.15, -0.1) is 0 Å². The molecule has 0 saturated heterocycles. The van der Waals surface area contributed by atoms with Gasteiger partial charge >= 0.3 is 0 Å². The number of benzene rings is 1. The largest absolute Gasteiger partial charge is 0.366 e. The summed E-state index contributed by atoms with van der Waals surface area (Å²) in [6, 6.07) is 16.5. The van der Waals surface area contributed by atoms with Gasteiger partial charge in [0.05, 0.1) is 11.4 Å². The highest BCUT2D eigenvalue weighted by molar-refractivity contribution is 9.10. The number of hydrogen-bond donors (Lipinski definition) is 2. The minimum atomic E-state index is 0.497. The number of pyridine rings is 1. The Hall–Kier alpha value is -2.47. The molecule has 0 radical (unpaired) electrons. The Kier molecular flexibility index (Phi) is 4.61. The Morgan fingerprint density at radius 1 is 1.00 bits per heavy atom. The molecule has 25 heavy (non-hydrogen) atoms. The highest BCUT2D eigenvalue weighted by Crippen LogP contribution is 2.26. The summed E-state index contributed by atoms with van der Waals surface area (Å²) in [4.78, 5) is 13.6. The lowest BCUT2D eigenvalue weighted by Crippen LogP contribution is -2.09. The molecular weight excluding hydrogens is 378 g/mol.